The Hall–Kier alpha value is -3.91. The Labute approximate surface area is 195 Å². The highest BCUT2D eigenvalue weighted by molar-refractivity contribution is 8.00. The normalized spacial score (nSPS) is 15.7. The van der Waals surface area contributed by atoms with Crippen LogP contribution in [0.4, 0.5) is 0 Å². The summed E-state index contributed by atoms with van der Waals surface area (Å²) in [6.07, 6.45) is 1.44. The highest BCUT2D eigenvalue weighted by Crippen LogP contribution is 2.39. The molecule has 1 aliphatic heterocycles. The first-order valence-electron chi connectivity index (χ1n) is 10.2. The number of nitrogens with one attached hydrogen (secondary N) is 1. The summed E-state index contributed by atoms with van der Waals surface area (Å²) >= 11 is 1.57. The number of hydrogen-bond acceptors (Lipinski definition) is 5. The summed E-state index contributed by atoms with van der Waals surface area (Å²) in [5.41, 5.74) is 5.79. The Kier molecular flexibility index (Phi) is 6.85. The van der Waals surface area contributed by atoms with Gasteiger partial charge >= 0.3 is 5.97 Å². The largest absolute Gasteiger partial charge is 0.478 e. The lowest BCUT2D eigenvalue weighted by atomic mass is 10.1. The van der Waals surface area contributed by atoms with E-state index in [1.54, 1.807) is 36.0 Å². The lowest BCUT2D eigenvalue weighted by molar-refractivity contribution is -0.128. The fourth-order valence-corrected chi connectivity index (χ4v) is 4.61. The Morgan fingerprint density at radius 1 is 1.00 bits per heavy atom. The lowest BCUT2D eigenvalue weighted by Gasteiger charge is -2.24. The number of nitrogens with zero attached hydrogens (tertiary/aromatic N) is 2. The van der Waals surface area contributed by atoms with E-state index in [0.717, 1.165) is 11.1 Å². The van der Waals surface area contributed by atoms with Crippen LogP contribution in [0.25, 0.3) is 0 Å². The maximum atomic E-state index is 12.4. The van der Waals surface area contributed by atoms with Gasteiger partial charge in [0.15, 0.2) is 0 Å². The zero-order valence-corrected chi connectivity index (χ0v) is 18.4. The van der Waals surface area contributed by atoms with E-state index in [1.165, 1.54) is 18.3 Å². The molecule has 0 bridgehead atoms. The fraction of sp³-hybridized carbons (Fsp3) is 0.120. The second kappa shape index (κ2) is 10.1. The molecule has 1 aliphatic rings. The highest BCUT2D eigenvalue weighted by atomic mass is 32.2. The van der Waals surface area contributed by atoms with Gasteiger partial charge in [-0.2, -0.15) is 5.10 Å². The molecule has 0 spiro atoms. The second-order valence-corrected chi connectivity index (χ2v) is 8.49. The van der Waals surface area contributed by atoms with Crippen molar-refractivity contribution in [2.75, 3.05) is 5.75 Å². The minimum atomic E-state index is -1.00. The number of carboxylic acids is 1. The molecule has 2 N–H and O–H groups in total. The first-order valence-corrected chi connectivity index (χ1v) is 11.3. The van der Waals surface area contributed by atoms with Crippen molar-refractivity contribution in [3.63, 3.8) is 0 Å². The fourth-order valence-electron chi connectivity index (χ4n) is 3.42. The molecule has 1 fully saturated rings. The monoisotopic (exact) mass is 459 g/mol. The Balaban J connectivity index is 1.38. The van der Waals surface area contributed by atoms with Crippen LogP contribution >= 0.6 is 11.8 Å². The molecule has 33 heavy (non-hydrogen) atoms. The van der Waals surface area contributed by atoms with E-state index < -0.39 is 5.97 Å². The summed E-state index contributed by atoms with van der Waals surface area (Å²) in [5, 5.41) is 12.8. The zero-order valence-electron chi connectivity index (χ0n) is 17.5. The summed E-state index contributed by atoms with van der Waals surface area (Å²) in [7, 11) is 0. The molecule has 3 aromatic rings. The van der Waals surface area contributed by atoms with E-state index in [1.807, 2.05) is 47.4 Å². The maximum absolute atomic E-state index is 12.4. The number of rotatable bonds is 7. The topological polar surface area (TPSA) is 99.1 Å². The molecule has 0 unspecified atom stereocenters. The number of aromatic carboxylic acids is 1. The average molecular weight is 460 g/mol. The number of carbonyl (C=O) groups excluding carboxylic acids is 2. The standard InChI is InChI=1S/C25H21N3O4S/c29-22-16-33-24(28(22)15-18-4-2-1-3-5-18)20-12-10-19(11-13-20)23(30)27-26-14-17-6-8-21(9-7-17)25(31)32/h1-14,24H,15-16H2,(H,27,30)(H,31,32)/b26-14-/t24-/m1/s1. The Morgan fingerprint density at radius 3 is 2.33 bits per heavy atom. The molecule has 3 aromatic carbocycles. The van der Waals surface area contributed by atoms with Crippen LogP contribution < -0.4 is 5.43 Å². The SMILES string of the molecule is O=C(O)c1ccc(/C=N\NC(=O)c2ccc([C@H]3SCC(=O)N3Cc3ccccc3)cc2)cc1. The molecule has 1 heterocycles. The van der Waals surface area contributed by atoms with Crippen molar-refractivity contribution >= 4 is 35.8 Å². The van der Waals surface area contributed by atoms with Crippen molar-refractivity contribution in [1.29, 1.82) is 0 Å². The average Bonchev–Trinajstić information content (AvgIpc) is 3.20. The molecule has 1 atom stereocenters. The maximum Gasteiger partial charge on any atom is 0.335 e. The van der Waals surface area contributed by atoms with Gasteiger partial charge < -0.3 is 10.0 Å². The minimum Gasteiger partial charge on any atom is -0.478 e. The van der Waals surface area contributed by atoms with Gasteiger partial charge in [-0.3, -0.25) is 9.59 Å². The molecular weight excluding hydrogens is 438 g/mol. The van der Waals surface area contributed by atoms with E-state index in [4.69, 9.17) is 5.11 Å². The van der Waals surface area contributed by atoms with Crippen LogP contribution in [0, 0.1) is 0 Å². The van der Waals surface area contributed by atoms with Crippen LogP contribution in [-0.2, 0) is 11.3 Å². The van der Waals surface area contributed by atoms with Gasteiger partial charge in [0.05, 0.1) is 17.5 Å². The van der Waals surface area contributed by atoms with Crippen LogP contribution in [0.1, 0.15) is 42.8 Å². The molecule has 4 rings (SSSR count). The van der Waals surface area contributed by atoms with Gasteiger partial charge in [0.2, 0.25) is 5.91 Å². The summed E-state index contributed by atoms with van der Waals surface area (Å²) < 4.78 is 0. The summed E-state index contributed by atoms with van der Waals surface area (Å²) in [6, 6.07) is 23.2. The third kappa shape index (κ3) is 5.48. The molecule has 0 radical (unpaired) electrons. The second-order valence-electron chi connectivity index (χ2n) is 7.42. The number of carbonyl (C=O) groups is 3. The van der Waals surface area contributed by atoms with Gasteiger partial charge in [-0.25, -0.2) is 10.2 Å². The minimum absolute atomic E-state index is 0.0957. The number of hydrazone groups is 1. The van der Waals surface area contributed by atoms with Gasteiger partial charge in [0.25, 0.3) is 5.91 Å². The predicted molar refractivity (Wildman–Crippen MR) is 127 cm³/mol. The quantitative estimate of drug-likeness (QED) is 0.412. The van der Waals surface area contributed by atoms with E-state index in [-0.39, 0.29) is 22.8 Å². The molecular formula is C25H21N3O4S. The predicted octanol–water partition coefficient (Wildman–Crippen LogP) is 3.92. The van der Waals surface area contributed by atoms with Crippen LogP contribution in [0.2, 0.25) is 0 Å². The van der Waals surface area contributed by atoms with Crippen LogP contribution in [-0.4, -0.2) is 39.8 Å². The van der Waals surface area contributed by atoms with Gasteiger partial charge in [0, 0.05) is 12.1 Å². The smallest absolute Gasteiger partial charge is 0.335 e. The number of benzene rings is 3. The van der Waals surface area contributed by atoms with Crippen molar-refractivity contribution < 1.29 is 19.5 Å². The first-order chi connectivity index (χ1) is 16.0. The van der Waals surface area contributed by atoms with E-state index in [0.29, 0.717) is 23.4 Å². The number of carboxylic acid groups (broad SMARTS) is 1. The van der Waals surface area contributed by atoms with Crippen molar-refractivity contribution in [2.24, 2.45) is 5.10 Å². The lowest BCUT2D eigenvalue weighted by Crippen LogP contribution is -2.27. The molecule has 0 aromatic heterocycles. The Morgan fingerprint density at radius 2 is 1.67 bits per heavy atom. The van der Waals surface area contributed by atoms with Crippen LogP contribution in [0.3, 0.4) is 0 Å². The van der Waals surface area contributed by atoms with Crippen molar-refractivity contribution in [1.82, 2.24) is 10.3 Å². The third-order valence-electron chi connectivity index (χ3n) is 5.16. The van der Waals surface area contributed by atoms with Crippen LogP contribution in [0.5, 0.6) is 0 Å². The highest BCUT2D eigenvalue weighted by Gasteiger charge is 2.32. The number of thioether (sulfide) groups is 1. The van der Waals surface area contributed by atoms with Crippen molar-refractivity contribution in [2.45, 2.75) is 11.9 Å². The van der Waals surface area contributed by atoms with Gasteiger partial charge in [-0.15, -0.1) is 11.8 Å². The third-order valence-corrected chi connectivity index (χ3v) is 6.42. The van der Waals surface area contributed by atoms with Crippen molar-refractivity contribution in [3.05, 3.63) is 107 Å². The molecule has 0 saturated carbocycles. The van der Waals surface area contributed by atoms with E-state index in [9.17, 15) is 14.4 Å². The van der Waals surface area contributed by atoms with E-state index >= 15 is 0 Å². The Bertz CT molecular complexity index is 1180. The summed E-state index contributed by atoms with van der Waals surface area (Å²) in [5.74, 6) is -0.835. The van der Waals surface area contributed by atoms with Gasteiger partial charge in [-0.1, -0.05) is 54.6 Å². The van der Waals surface area contributed by atoms with E-state index in [2.05, 4.69) is 10.5 Å². The number of amides is 2. The van der Waals surface area contributed by atoms with Crippen LogP contribution in [0.15, 0.2) is 84.0 Å². The molecule has 166 valence electrons. The summed E-state index contributed by atoms with van der Waals surface area (Å²) in [4.78, 5) is 37.6. The summed E-state index contributed by atoms with van der Waals surface area (Å²) in [6.45, 7) is 0.543. The van der Waals surface area contributed by atoms with Gasteiger partial charge in [-0.05, 0) is 41.0 Å². The van der Waals surface area contributed by atoms with Crippen molar-refractivity contribution in [3.8, 4) is 0 Å². The zero-order chi connectivity index (χ0) is 23.2. The molecule has 0 aliphatic carbocycles. The molecule has 7 nitrogen and oxygen atoms in total. The number of hydrogen-bond donors (Lipinski definition) is 2. The molecule has 1 saturated heterocycles. The molecule has 8 heteroatoms. The molecule has 2 amide bonds. The van der Waals surface area contributed by atoms with Gasteiger partial charge in [0.1, 0.15) is 5.37 Å². The first kappa shape index (κ1) is 22.3.